The highest BCUT2D eigenvalue weighted by atomic mass is 15.0. The Hall–Kier alpha value is -6.97. The maximum Gasteiger partial charge on any atom is 0.164 e. The van der Waals surface area contributed by atoms with E-state index in [9.17, 15) is 0 Å². The molecular weight excluding hydrogens is 763 g/mol. The molecule has 4 aliphatic rings. The lowest BCUT2D eigenvalue weighted by Gasteiger charge is -2.36. The molecule has 1 heterocycles. The number of allylic oxidation sites excluding steroid dienone is 4. The summed E-state index contributed by atoms with van der Waals surface area (Å²) >= 11 is 0. The smallest absolute Gasteiger partial charge is 0.164 e. The summed E-state index contributed by atoms with van der Waals surface area (Å²) in [7, 11) is 0. The van der Waals surface area contributed by atoms with Gasteiger partial charge in [-0.2, -0.15) is 0 Å². The van der Waals surface area contributed by atoms with Crippen LogP contribution in [0.5, 0.6) is 0 Å². The summed E-state index contributed by atoms with van der Waals surface area (Å²) in [5.41, 5.74) is 21.9. The molecule has 1 fully saturated rings. The fourth-order valence-corrected chi connectivity index (χ4v) is 11.3. The van der Waals surface area contributed by atoms with Crippen molar-refractivity contribution in [1.29, 1.82) is 0 Å². The number of benzene rings is 7. The first-order valence-corrected chi connectivity index (χ1v) is 22.9. The van der Waals surface area contributed by atoms with Crippen molar-refractivity contribution in [3.05, 3.63) is 204 Å². The third-order valence-electron chi connectivity index (χ3n) is 14.6. The minimum Gasteiger partial charge on any atom is -0.208 e. The Labute approximate surface area is 371 Å². The van der Waals surface area contributed by atoms with Gasteiger partial charge in [0.1, 0.15) is 0 Å². The Kier molecular flexibility index (Phi) is 8.90. The summed E-state index contributed by atoms with van der Waals surface area (Å²) < 4.78 is 0. The third-order valence-corrected chi connectivity index (χ3v) is 14.6. The van der Waals surface area contributed by atoms with Crippen LogP contribution in [0.25, 0.3) is 84.2 Å². The van der Waals surface area contributed by atoms with Crippen LogP contribution in [0.15, 0.2) is 176 Å². The van der Waals surface area contributed by atoms with E-state index in [0.29, 0.717) is 17.5 Å². The molecule has 0 amide bonds. The van der Waals surface area contributed by atoms with Crippen molar-refractivity contribution in [3.63, 3.8) is 0 Å². The van der Waals surface area contributed by atoms with Crippen molar-refractivity contribution in [1.82, 2.24) is 15.0 Å². The van der Waals surface area contributed by atoms with Gasteiger partial charge >= 0.3 is 0 Å². The van der Waals surface area contributed by atoms with Gasteiger partial charge in [0.2, 0.25) is 0 Å². The van der Waals surface area contributed by atoms with Crippen LogP contribution in [0.4, 0.5) is 0 Å². The SMILES string of the molecule is CC1(C)c2cc3c(cc2-c2c(-c4ccc(-c5cccc(-c6nc(-c7ccccc7)nc(-c7ccc(C8=CCCC=C8)cc7)n6)c5)cc4)cccc21)C1(CCCCC1)c1ccccc1-3. The average molecular weight is 812 g/mol. The van der Waals surface area contributed by atoms with Crippen molar-refractivity contribution in [3.8, 4) is 78.7 Å². The van der Waals surface area contributed by atoms with Crippen LogP contribution in [-0.4, -0.2) is 15.0 Å². The normalized spacial score (nSPS) is 16.3. The van der Waals surface area contributed by atoms with Crippen molar-refractivity contribution in [2.24, 2.45) is 0 Å². The van der Waals surface area contributed by atoms with Crippen molar-refractivity contribution in [2.45, 2.75) is 69.6 Å². The Balaban J connectivity index is 0.901. The van der Waals surface area contributed by atoms with E-state index in [1.165, 1.54) is 87.7 Å². The van der Waals surface area contributed by atoms with Gasteiger partial charge in [-0.15, -0.1) is 0 Å². The molecule has 304 valence electrons. The molecule has 0 aliphatic heterocycles. The number of hydrogen-bond donors (Lipinski definition) is 0. The molecule has 0 N–H and O–H groups in total. The lowest BCUT2D eigenvalue weighted by molar-refractivity contribution is 0.353. The van der Waals surface area contributed by atoms with Crippen molar-refractivity contribution < 1.29 is 0 Å². The van der Waals surface area contributed by atoms with E-state index in [1.807, 2.05) is 18.2 Å². The standard InChI is InChI=1S/C60H49N3/c1-59(2)52-25-15-23-47(55(52)50-38-54-49(37-53(50)59)48-22-10-11-24-51(48)60(54)34-12-5-13-35-60)42-30-26-41(27-31-42)45-20-14-21-46(36-45)58-62-56(43-18-8-4-9-19-43)61-57(63-58)44-32-28-40(29-33-44)39-16-6-3-7-17-39/h4,6,8-11,14-33,36-38H,3,5,7,12-13,34-35H2,1-2H3. The molecule has 0 radical (unpaired) electrons. The van der Waals surface area contributed by atoms with Crippen LogP contribution >= 0.6 is 0 Å². The number of fused-ring (bicyclic) bond motifs is 8. The highest BCUT2D eigenvalue weighted by Crippen LogP contribution is 2.60. The van der Waals surface area contributed by atoms with Crippen LogP contribution in [0.3, 0.4) is 0 Å². The summed E-state index contributed by atoms with van der Waals surface area (Å²) in [5, 5.41) is 0. The maximum atomic E-state index is 5.10. The number of rotatable bonds is 6. The summed E-state index contributed by atoms with van der Waals surface area (Å²) in [6.45, 7) is 4.84. The van der Waals surface area contributed by atoms with Crippen molar-refractivity contribution in [2.75, 3.05) is 0 Å². The fourth-order valence-electron chi connectivity index (χ4n) is 11.3. The molecule has 7 aromatic carbocycles. The van der Waals surface area contributed by atoms with Crippen LogP contribution in [0.2, 0.25) is 0 Å². The van der Waals surface area contributed by atoms with Gasteiger partial charge in [0.25, 0.3) is 0 Å². The third kappa shape index (κ3) is 6.20. The molecule has 63 heavy (non-hydrogen) atoms. The molecule has 0 atom stereocenters. The molecule has 0 unspecified atom stereocenters. The minimum absolute atomic E-state index is 0.101. The molecule has 1 aromatic heterocycles. The minimum atomic E-state index is -0.101. The first-order chi connectivity index (χ1) is 30.9. The van der Waals surface area contributed by atoms with Crippen molar-refractivity contribution >= 4 is 5.57 Å². The van der Waals surface area contributed by atoms with E-state index in [4.69, 9.17) is 15.0 Å². The van der Waals surface area contributed by atoms with E-state index >= 15 is 0 Å². The molecular formula is C60H49N3. The Morgan fingerprint density at radius 1 is 0.397 bits per heavy atom. The summed E-state index contributed by atoms with van der Waals surface area (Å²) in [6, 6.07) is 58.1. The Morgan fingerprint density at radius 2 is 0.984 bits per heavy atom. The van der Waals surface area contributed by atoms with E-state index < -0.39 is 0 Å². The second kappa shape index (κ2) is 14.8. The van der Waals surface area contributed by atoms with Gasteiger partial charge in [-0.3, -0.25) is 0 Å². The summed E-state index contributed by atoms with van der Waals surface area (Å²) in [4.78, 5) is 15.2. The zero-order valence-corrected chi connectivity index (χ0v) is 36.0. The van der Waals surface area contributed by atoms with Gasteiger partial charge in [0.05, 0.1) is 0 Å². The van der Waals surface area contributed by atoms with Crippen LogP contribution in [-0.2, 0) is 10.8 Å². The number of hydrogen-bond acceptors (Lipinski definition) is 3. The van der Waals surface area contributed by atoms with Gasteiger partial charge in [0, 0.05) is 27.5 Å². The van der Waals surface area contributed by atoms with Gasteiger partial charge in [0.15, 0.2) is 17.5 Å². The van der Waals surface area contributed by atoms with Gasteiger partial charge in [-0.05, 0) is 122 Å². The highest BCUT2D eigenvalue weighted by Gasteiger charge is 2.46. The zero-order valence-electron chi connectivity index (χ0n) is 36.0. The second-order valence-electron chi connectivity index (χ2n) is 18.5. The van der Waals surface area contributed by atoms with Gasteiger partial charge in [-0.1, -0.05) is 191 Å². The molecule has 8 aromatic rings. The van der Waals surface area contributed by atoms with Gasteiger partial charge < -0.3 is 0 Å². The molecule has 0 saturated heterocycles. The van der Waals surface area contributed by atoms with Crippen LogP contribution in [0, 0.1) is 0 Å². The quantitative estimate of drug-likeness (QED) is 0.168. The highest BCUT2D eigenvalue weighted by molar-refractivity contribution is 5.96. The molecule has 12 rings (SSSR count). The Morgan fingerprint density at radius 3 is 1.75 bits per heavy atom. The molecule has 1 saturated carbocycles. The molecule has 3 nitrogen and oxygen atoms in total. The molecule has 0 bridgehead atoms. The lowest BCUT2D eigenvalue weighted by atomic mass is 9.67. The largest absolute Gasteiger partial charge is 0.208 e. The van der Waals surface area contributed by atoms with Crippen LogP contribution < -0.4 is 0 Å². The first kappa shape index (κ1) is 37.8. The zero-order chi connectivity index (χ0) is 42.1. The average Bonchev–Trinajstić information content (AvgIpc) is 3.74. The lowest BCUT2D eigenvalue weighted by Crippen LogP contribution is -2.28. The number of nitrogens with zero attached hydrogens (tertiary/aromatic N) is 3. The van der Waals surface area contributed by atoms with E-state index in [-0.39, 0.29) is 10.8 Å². The number of aromatic nitrogens is 3. The summed E-state index contributed by atoms with van der Waals surface area (Å²) in [5.74, 6) is 1.98. The van der Waals surface area contributed by atoms with E-state index in [1.54, 1.807) is 11.1 Å². The second-order valence-corrected chi connectivity index (χ2v) is 18.5. The first-order valence-electron chi connectivity index (χ1n) is 22.9. The molecule has 3 heteroatoms. The molecule has 1 spiro atoms. The molecule has 4 aliphatic carbocycles. The van der Waals surface area contributed by atoms with Crippen LogP contribution in [0.1, 0.15) is 86.6 Å². The van der Waals surface area contributed by atoms with Gasteiger partial charge in [-0.25, -0.2) is 15.0 Å². The predicted molar refractivity (Wildman–Crippen MR) is 260 cm³/mol. The fraction of sp³-hybridized carbons (Fsp3) is 0.183. The Bertz CT molecular complexity index is 3140. The maximum absolute atomic E-state index is 5.10. The van der Waals surface area contributed by atoms with E-state index in [0.717, 1.165) is 40.7 Å². The topological polar surface area (TPSA) is 38.7 Å². The predicted octanol–water partition coefficient (Wildman–Crippen LogP) is 15.5. The monoisotopic (exact) mass is 811 g/mol. The van der Waals surface area contributed by atoms with E-state index in [2.05, 4.69) is 172 Å². The summed E-state index contributed by atoms with van der Waals surface area (Å²) in [6.07, 6.45) is 15.4.